The van der Waals surface area contributed by atoms with Crippen molar-refractivity contribution in [1.82, 2.24) is 14.9 Å². The van der Waals surface area contributed by atoms with Crippen LogP contribution < -0.4 is 10.6 Å². The third-order valence-corrected chi connectivity index (χ3v) is 8.41. The second-order valence-electron chi connectivity index (χ2n) is 12.2. The first-order valence-corrected chi connectivity index (χ1v) is 17.8. The highest BCUT2D eigenvalue weighted by Crippen LogP contribution is 2.26. The molecule has 0 spiro atoms. The fourth-order valence-corrected chi connectivity index (χ4v) is 4.88. The molecule has 0 aliphatic carbocycles. The number of hydrogen-bond donors (Lipinski definition) is 2. The molecule has 48 heavy (non-hydrogen) atoms. The van der Waals surface area contributed by atoms with E-state index < -0.39 is 12.5 Å². The van der Waals surface area contributed by atoms with Crippen molar-refractivity contribution < 1.29 is 27.3 Å². The first-order chi connectivity index (χ1) is 22.8. The van der Waals surface area contributed by atoms with Crippen molar-refractivity contribution in [1.29, 1.82) is 0 Å². The lowest BCUT2D eigenvalue weighted by Crippen LogP contribution is -2.46. The van der Waals surface area contributed by atoms with Gasteiger partial charge in [0.1, 0.15) is 6.04 Å². The number of ether oxygens (including phenoxy) is 1. The van der Waals surface area contributed by atoms with Crippen LogP contribution >= 0.6 is 11.3 Å². The summed E-state index contributed by atoms with van der Waals surface area (Å²) in [5.41, 5.74) is 3.40. The molecule has 2 heterocycles. The fraction of sp³-hybridized carbons (Fsp3) is 0.583. The van der Waals surface area contributed by atoms with E-state index in [0.29, 0.717) is 29.5 Å². The molecule has 3 aromatic rings. The number of aryl methyl sites for hydroxylation is 2. The van der Waals surface area contributed by atoms with Gasteiger partial charge in [0.05, 0.1) is 17.9 Å². The van der Waals surface area contributed by atoms with Crippen LogP contribution in [0.1, 0.15) is 96.0 Å². The van der Waals surface area contributed by atoms with Crippen molar-refractivity contribution >= 4 is 40.8 Å². The molecule has 0 saturated carbocycles. The minimum Gasteiger partial charge on any atom is -0.382 e. The lowest BCUT2D eigenvalue weighted by atomic mass is 9.93. The van der Waals surface area contributed by atoms with E-state index in [2.05, 4.69) is 62.8 Å². The van der Waals surface area contributed by atoms with Crippen LogP contribution in [0.4, 0.5) is 13.9 Å². The molecule has 3 atom stereocenters. The number of anilines is 1. The number of rotatable bonds is 15. The summed E-state index contributed by atoms with van der Waals surface area (Å²) < 4.78 is 39.6. The molecule has 0 bridgehead atoms. The van der Waals surface area contributed by atoms with Crippen LogP contribution in [0.25, 0.3) is 11.3 Å². The van der Waals surface area contributed by atoms with Gasteiger partial charge in [0.2, 0.25) is 6.43 Å². The highest BCUT2D eigenvalue weighted by atomic mass is 32.1. The number of carbonyl (C=O) groups is 2. The predicted molar refractivity (Wildman–Crippen MR) is 196 cm³/mol. The monoisotopic (exact) mass is 710 g/mol. The van der Waals surface area contributed by atoms with Crippen LogP contribution in [0.2, 0.25) is 0 Å². The Morgan fingerprint density at radius 3 is 2.21 bits per heavy atom. The summed E-state index contributed by atoms with van der Waals surface area (Å²) in [4.78, 5) is 29.5. The third-order valence-electron chi connectivity index (χ3n) is 7.66. The van der Waals surface area contributed by atoms with Crippen LogP contribution in [-0.4, -0.2) is 51.8 Å². The van der Waals surface area contributed by atoms with Crippen LogP contribution in [0.5, 0.6) is 0 Å². The molecule has 2 amide bonds. The first-order valence-electron chi connectivity index (χ1n) is 16.5. The number of alkyl halides is 2. The van der Waals surface area contributed by atoms with Crippen LogP contribution in [0, 0.1) is 24.7 Å². The maximum absolute atomic E-state index is 12.6. The fourth-order valence-electron chi connectivity index (χ4n) is 4.16. The number of benzene rings is 1. The summed E-state index contributed by atoms with van der Waals surface area (Å²) in [6.45, 7) is 14.9. The zero-order valence-corrected chi connectivity index (χ0v) is 31.7. The minimum absolute atomic E-state index is 0.0561. The molecule has 0 fully saturated rings. The van der Waals surface area contributed by atoms with Gasteiger partial charge in [-0.3, -0.25) is 9.59 Å². The van der Waals surface area contributed by atoms with E-state index in [1.54, 1.807) is 23.0 Å². The van der Waals surface area contributed by atoms with Crippen molar-refractivity contribution in [2.75, 3.05) is 19.0 Å². The topological polar surface area (TPSA) is 102 Å². The average Bonchev–Trinajstić information content (AvgIpc) is 3.73. The average molecular weight is 711 g/mol. The highest BCUT2D eigenvalue weighted by molar-refractivity contribution is 7.44. The molecule has 2 aromatic heterocycles. The second kappa shape index (κ2) is 25.9. The molecule has 12 heteroatoms. The Bertz CT molecular complexity index is 1300. The van der Waals surface area contributed by atoms with Gasteiger partial charge < -0.3 is 19.9 Å². The number of aromatic nitrogens is 2. The number of halogens is 2. The molecule has 8 nitrogen and oxygen atoms in total. The van der Waals surface area contributed by atoms with Crippen LogP contribution in [-0.2, 0) is 29.1 Å². The van der Waals surface area contributed by atoms with E-state index in [9.17, 15) is 18.4 Å². The molecular formula is C36H56F2N4O4S2. The van der Waals surface area contributed by atoms with Crippen molar-refractivity contribution in [2.24, 2.45) is 24.8 Å². The maximum Gasteiger partial charge on any atom is 0.253 e. The van der Waals surface area contributed by atoms with Crippen LogP contribution in [0.3, 0.4) is 0 Å². The Balaban J connectivity index is 0.000000920. The number of carbonyl (C=O) groups excluding carboxylic acids is 2. The number of nitrogens with one attached hydrogen (secondary N) is 2. The Kier molecular flexibility index (Phi) is 24.2. The third kappa shape index (κ3) is 18.5. The number of thiazole rings is 1. The van der Waals surface area contributed by atoms with Gasteiger partial charge in [0.25, 0.3) is 11.8 Å². The van der Waals surface area contributed by atoms with Crippen molar-refractivity contribution in [3.05, 3.63) is 59.2 Å². The highest BCUT2D eigenvalue weighted by Gasteiger charge is 2.23. The molecular weight excluding hydrogens is 655 g/mol. The van der Waals surface area contributed by atoms with Crippen molar-refractivity contribution in [2.45, 2.75) is 99.5 Å². The van der Waals surface area contributed by atoms with Gasteiger partial charge in [-0.15, -0.1) is 11.3 Å². The number of amides is 2. The molecule has 0 radical (unpaired) electrons. The standard InChI is InChI=1S/C20H22N4O3S.C11H22F2.C5H12.OS/c1-13-5-4-6-14(9-13)17-12-28-20(22-17)23-19(26)16(11-27-3)21-18(25)15-7-8-24(2)10-15;1-4-6-10(11(12)13)8-7-9(3)5-2;1-4-5(2)3;1-2/h4-10,12,16H,11H2,1-3H3,(H,21,25)(H,22,23,26);9-11H,4-8H2,1-3H3;5H,4H2,1-3H3;. The van der Waals surface area contributed by atoms with E-state index in [1.807, 2.05) is 50.5 Å². The largest absolute Gasteiger partial charge is 0.382 e. The zero-order chi connectivity index (χ0) is 36.6. The maximum atomic E-state index is 12.6. The first kappa shape index (κ1) is 44.9. The van der Waals surface area contributed by atoms with Crippen LogP contribution in [0.15, 0.2) is 48.1 Å². The van der Waals surface area contributed by atoms with E-state index in [1.165, 1.54) is 24.9 Å². The second-order valence-corrected chi connectivity index (χ2v) is 13.1. The Hall–Kier alpha value is -3.09. The normalized spacial score (nSPS) is 12.4. The number of nitrogens with zero attached hydrogens (tertiary/aromatic N) is 2. The van der Waals surface area contributed by atoms with Crippen molar-refractivity contribution in [3.8, 4) is 11.3 Å². The van der Waals surface area contributed by atoms with E-state index in [4.69, 9.17) is 8.95 Å². The molecule has 3 unspecified atom stereocenters. The predicted octanol–water partition coefficient (Wildman–Crippen LogP) is 9.05. The smallest absolute Gasteiger partial charge is 0.253 e. The van der Waals surface area contributed by atoms with Gasteiger partial charge in [0.15, 0.2) is 17.7 Å². The van der Waals surface area contributed by atoms with Gasteiger partial charge >= 0.3 is 0 Å². The molecule has 1 aromatic carbocycles. The van der Waals surface area contributed by atoms with E-state index in [-0.39, 0.29) is 24.3 Å². The summed E-state index contributed by atoms with van der Waals surface area (Å²) in [5.74, 6) is 0.403. The molecule has 0 aliphatic heterocycles. The van der Waals surface area contributed by atoms with Gasteiger partial charge in [-0.2, -0.15) is 4.21 Å². The summed E-state index contributed by atoms with van der Waals surface area (Å²) in [5, 5.41) is 7.82. The summed E-state index contributed by atoms with van der Waals surface area (Å²) in [7, 11) is 3.30. The van der Waals surface area contributed by atoms with Gasteiger partial charge in [-0.05, 0) is 43.7 Å². The molecule has 3 rings (SSSR count). The number of hydrogen-bond acceptors (Lipinski definition) is 7. The lowest BCUT2D eigenvalue weighted by molar-refractivity contribution is -0.119. The number of methoxy groups -OCH3 is 1. The zero-order valence-electron chi connectivity index (χ0n) is 30.1. The Labute approximate surface area is 296 Å². The SMILES string of the molecule is CCC(C)C.CCCC(CCC(C)CC)C(F)F.COCC(NC(=O)c1ccn(C)c1)C(=O)Nc1nc(-c2cccc(C)c2)cs1.O=S. The summed E-state index contributed by atoms with van der Waals surface area (Å²) in [6.07, 6.45) is 6.93. The minimum atomic E-state index is -2.12. The Morgan fingerprint density at radius 1 is 1.04 bits per heavy atom. The lowest BCUT2D eigenvalue weighted by Gasteiger charge is -2.16. The van der Waals surface area contributed by atoms with Gasteiger partial charge in [-0.25, -0.2) is 13.8 Å². The van der Waals surface area contributed by atoms with Gasteiger partial charge in [0, 0.05) is 43.4 Å². The van der Waals surface area contributed by atoms with Crippen molar-refractivity contribution in [3.63, 3.8) is 0 Å². The van der Waals surface area contributed by atoms with Gasteiger partial charge in [-0.1, -0.05) is 91.0 Å². The molecule has 0 saturated heterocycles. The molecule has 2 N–H and O–H groups in total. The van der Waals surface area contributed by atoms with E-state index >= 15 is 0 Å². The van der Waals surface area contributed by atoms with E-state index in [0.717, 1.165) is 42.0 Å². The Morgan fingerprint density at radius 2 is 1.71 bits per heavy atom. The summed E-state index contributed by atoms with van der Waals surface area (Å²) in [6, 6.07) is 8.85. The quantitative estimate of drug-likeness (QED) is 0.163. The molecule has 0 aliphatic rings. The summed E-state index contributed by atoms with van der Waals surface area (Å²) >= 11 is 4.17. The molecule has 270 valence electrons.